The highest BCUT2D eigenvalue weighted by Gasteiger charge is 2.97. The average Bonchev–Trinajstić information content (AvgIpc) is 3.10. The Labute approximate surface area is 154 Å². The quantitative estimate of drug-likeness (QED) is 0.678. The minimum Gasteiger partial charge on any atom is -0.410 e. The summed E-state index contributed by atoms with van der Waals surface area (Å²) >= 11 is 0. The fourth-order valence-corrected chi connectivity index (χ4v) is 12.2. The van der Waals surface area contributed by atoms with E-state index in [0.717, 1.165) is 35.5 Å². The van der Waals surface area contributed by atoms with Crippen molar-refractivity contribution in [3.05, 3.63) is 0 Å². The summed E-state index contributed by atoms with van der Waals surface area (Å²) in [6.45, 7) is 4.75. The normalized spacial score (nSPS) is 81.5. The summed E-state index contributed by atoms with van der Waals surface area (Å²) < 4.78 is 26.5. The van der Waals surface area contributed by atoms with E-state index in [1.165, 1.54) is 25.7 Å². The van der Waals surface area contributed by atoms with Crippen molar-refractivity contribution in [2.24, 2.45) is 58.2 Å². The van der Waals surface area contributed by atoms with Crippen LogP contribution in [0, 0.1) is 58.2 Å². The van der Waals surface area contributed by atoms with E-state index in [4.69, 9.17) is 18.6 Å². The minimum absolute atomic E-state index is 0.0278. The molecule has 4 nitrogen and oxygen atoms in total. The zero-order chi connectivity index (χ0) is 16.6. The van der Waals surface area contributed by atoms with Gasteiger partial charge in [-0.2, -0.15) is 0 Å². The molecule has 0 N–H and O–H groups in total. The Hall–Kier alpha value is -0.0301. The van der Waals surface area contributed by atoms with Crippen molar-refractivity contribution in [2.45, 2.75) is 62.9 Å². The molecule has 0 aromatic rings. The second kappa shape index (κ2) is 3.11. The summed E-state index contributed by atoms with van der Waals surface area (Å²) in [5.41, 5.74) is 1.37. The number of hydrogen-bond donors (Lipinski definition) is 0. The molecule has 0 aromatic carbocycles. The Morgan fingerprint density at radius 2 is 1.08 bits per heavy atom. The molecule has 8 aliphatic carbocycles. The first-order valence-corrected chi connectivity index (χ1v) is 11.2. The van der Waals surface area contributed by atoms with Crippen LogP contribution in [0.3, 0.4) is 0 Å². The van der Waals surface area contributed by atoms with Gasteiger partial charge < -0.3 is 18.6 Å². The monoisotopic (exact) mass is 350 g/mol. The Morgan fingerprint density at radius 1 is 0.654 bits per heavy atom. The van der Waals surface area contributed by atoms with Gasteiger partial charge in [-0.1, -0.05) is 0 Å². The van der Waals surface area contributed by atoms with Gasteiger partial charge in [0.25, 0.3) is 0 Å². The van der Waals surface area contributed by atoms with Crippen LogP contribution in [0.4, 0.5) is 0 Å². The largest absolute Gasteiger partial charge is 0.488 e. The summed E-state index contributed by atoms with van der Waals surface area (Å²) in [6, 6.07) is 0. The highest BCUT2D eigenvalue weighted by molar-refractivity contribution is 7.10. The lowest BCUT2D eigenvalue weighted by Gasteiger charge is -2.71. The molecule has 10 rings (SSSR count). The molecule has 8 saturated carbocycles. The second-order valence-corrected chi connectivity index (χ2v) is 12.1. The molecule has 134 valence electrons. The van der Waals surface area contributed by atoms with Gasteiger partial charge in [0, 0.05) is 24.0 Å². The van der Waals surface area contributed by atoms with E-state index in [1.54, 1.807) is 0 Å². The smallest absolute Gasteiger partial charge is 0.410 e. The SMILES string of the molecule is C[C@]12OB(B3OC4CC5C6CC7C56C4[C@@]7(C)O3)OC3CC4C5CC1C45C32. The maximum Gasteiger partial charge on any atom is 0.488 e. The summed E-state index contributed by atoms with van der Waals surface area (Å²) in [5, 5.41) is 0. The topological polar surface area (TPSA) is 36.9 Å². The van der Waals surface area contributed by atoms with Gasteiger partial charge in [0.1, 0.15) is 0 Å². The van der Waals surface area contributed by atoms with Crippen LogP contribution >= 0.6 is 0 Å². The molecule has 2 aliphatic heterocycles. The molecule has 2 saturated heterocycles. The van der Waals surface area contributed by atoms with E-state index in [0.29, 0.717) is 34.9 Å². The maximum absolute atomic E-state index is 6.71. The average molecular weight is 350 g/mol. The maximum atomic E-state index is 6.71. The molecule has 10 fully saturated rings. The van der Waals surface area contributed by atoms with Gasteiger partial charge in [0.15, 0.2) is 0 Å². The van der Waals surface area contributed by atoms with Crippen LogP contribution in [0.25, 0.3) is 0 Å². The third kappa shape index (κ3) is 0.850. The standard InChI is InChI=1S/C20H24B2O4/c1-17-13-5-9-7-3-11(15(17)19(7,9)13)23-21(25-17)22-24-12-4-8-10-6-14-18(2,26-22)16(12)20(8,10)14/h7-16H,3-6H2,1-2H3/t7?,8?,9?,10?,11?,12?,13?,14?,15?,16?,17-,18-,19?,20?/m0/s1. The predicted octanol–water partition coefficient (Wildman–Crippen LogP) is 1.96. The lowest BCUT2D eigenvalue weighted by molar-refractivity contribution is -0.288. The summed E-state index contributed by atoms with van der Waals surface area (Å²) in [6.07, 6.45) is 6.14. The van der Waals surface area contributed by atoms with E-state index < -0.39 is 0 Å². The Morgan fingerprint density at radius 3 is 1.54 bits per heavy atom. The molecule has 10 aliphatic rings. The molecule has 6 heteroatoms. The van der Waals surface area contributed by atoms with Gasteiger partial charge >= 0.3 is 14.0 Å². The second-order valence-electron chi connectivity index (χ2n) is 12.1. The van der Waals surface area contributed by atoms with Crippen LogP contribution in [0.15, 0.2) is 0 Å². The molecular formula is C20H24B2O4. The summed E-state index contributed by atoms with van der Waals surface area (Å²) in [4.78, 5) is 0. The minimum atomic E-state index is -0.308. The molecular weight excluding hydrogens is 326 g/mol. The van der Waals surface area contributed by atoms with Crippen LogP contribution in [-0.4, -0.2) is 37.4 Å². The summed E-state index contributed by atoms with van der Waals surface area (Å²) in [5.74, 6) is 6.84. The van der Waals surface area contributed by atoms with E-state index in [-0.39, 0.29) is 25.2 Å². The van der Waals surface area contributed by atoms with E-state index in [1.807, 2.05) is 0 Å². The first kappa shape index (κ1) is 13.2. The van der Waals surface area contributed by atoms with Gasteiger partial charge in [-0.3, -0.25) is 0 Å². The third-order valence-corrected chi connectivity index (χ3v) is 12.5. The zero-order valence-corrected chi connectivity index (χ0v) is 15.4. The first-order chi connectivity index (χ1) is 12.6. The van der Waals surface area contributed by atoms with E-state index in [2.05, 4.69) is 13.8 Å². The third-order valence-electron chi connectivity index (χ3n) is 12.5. The lowest BCUT2D eigenvalue weighted by Crippen LogP contribution is -2.80. The Bertz CT molecular complexity index is 786. The summed E-state index contributed by atoms with van der Waals surface area (Å²) in [7, 11) is -0.616. The van der Waals surface area contributed by atoms with Gasteiger partial charge in [-0.05, 0) is 85.9 Å². The van der Waals surface area contributed by atoms with Crippen LogP contribution in [0.2, 0.25) is 0 Å². The fourth-order valence-electron chi connectivity index (χ4n) is 12.2. The van der Waals surface area contributed by atoms with E-state index >= 15 is 0 Å². The highest BCUT2D eigenvalue weighted by atomic mass is 16.7. The fraction of sp³-hybridized carbons (Fsp3) is 1.00. The van der Waals surface area contributed by atoms with Crippen molar-refractivity contribution in [2.75, 3.05) is 0 Å². The van der Waals surface area contributed by atoms with Crippen molar-refractivity contribution in [1.29, 1.82) is 0 Å². The molecule has 0 radical (unpaired) electrons. The molecule has 2 spiro atoms. The van der Waals surface area contributed by atoms with Crippen LogP contribution in [0.1, 0.15) is 39.5 Å². The number of hydrogen-bond acceptors (Lipinski definition) is 4. The van der Waals surface area contributed by atoms with Crippen molar-refractivity contribution in [3.8, 4) is 0 Å². The van der Waals surface area contributed by atoms with Crippen LogP contribution in [0.5, 0.6) is 0 Å². The molecule has 0 amide bonds. The Kier molecular flexibility index (Phi) is 1.58. The van der Waals surface area contributed by atoms with Crippen LogP contribution < -0.4 is 0 Å². The van der Waals surface area contributed by atoms with Crippen LogP contribution in [-0.2, 0) is 18.6 Å². The van der Waals surface area contributed by atoms with Gasteiger partial charge in [0.05, 0.1) is 11.2 Å². The van der Waals surface area contributed by atoms with Crippen molar-refractivity contribution in [1.82, 2.24) is 0 Å². The molecule has 26 heavy (non-hydrogen) atoms. The zero-order valence-electron chi connectivity index (χ0n) is 15.4. The lowest BCUT2D eigenvalue weighted by atomic mass is 9.36. The molecule has 12 unspecified atom stereocenters. The van der Waals surface area contributed by atoms with Crippen molar-refractivity contribution >= 4 is 14.0 Å². The Balaban J connectivity index is 1.01. The van der Waals surface area contributed by atoms with Gasteiger partial charge in [-0.25, -0.2) is 0 Å². The predicted molar refractivity (Wildman–Crippen MR) is 91.5 cm³/mol. The number of rotatable bonds is 1. The van der Waals surface area contributed by atoms with E-state index in [9.17, 15) is 0 Å². The molecule has 2 heterocycles. The number of fused-ring (bicyclic) bond motifs is 4. The molecule has 14 atom stereocenters. The highest BCUT2D eigenvalue weighted by Crippen LogP contribution is 2.96. The van der Waals surface area contributed by atoms with Crippen molar-refractivity contribution in [3.63, 3.8) is 0 Å². The van der Waals surface area contributed by atoms with Gasteiger partial charge in [0.2, 0.25) is 0 Å². The van der Waals surface area contributed by atoms with Gasteiger partial charge in [-0.15, -0.1) is 0 Å². The van der Waals surface area contributed by atoms with Crippen molar-refractivity contribution < 1.29 is 18.6 Å². The molecule has 0 aromatic heterocycles. The molecule has 0 bridgehead atoms. The first-order valence-electron chi connectivity index (χ1n) is 11.2.